The molecule has 0 spiro atoms. The van der Waals surface area contributed by atoms with Crippen LogP contribution in [-0.4, -0.2) is 46.2 Å². The summed E-state index contributed by atoms with van der Waals surface area (Å²) in [6.07, 6.45) is 4.69. The first-order valence-electron chi connectivity index (χ1n) is 9.74. The van der Waals surface area contributed by atoms with Crippen LogP contribution in [0.2, 0.25) is 0 Å². The first-order chi connectivity index (χ1) is 14.1. The molecule has 1 saturated heterocycles. The van der Waals surface area contributed by atoms with E-state index in [1.807, 2.05) is 29.2 Å². The number of nitrogens with zero attached hydrogens (tertiary/aromatic N) is 4. The van der Waals surface area contributed by atoms with Crippen LogP contribution in [0.1, 0.15) is 29.7 Å². The van der Waals surface area contributed by atoms with Crippen molar-refractivity contribution in [2.75, 3.05) is 25.1 Å². The molecule has 4 heterocycles. The smallest absolute Gasteiger partial charge is 0.198 e. The van der Waals surface area contributed by atoms with E-state index in [1.54, 1.807) is 7.11 Å². The molecule has 6 nitrogen and oxygen atoms in total. The molecule has 3 aromatic rings. The molecule has 2 aromatic heterocycles. The van der Waals surface area contributed by atoms with Crippen molar-refractivity contribution in [3.8, 4) is 5.82 Å². The third kappa shape index (κ3) is 3.45. The minimum absolute atomic E-state index is 0.143. The van der Waals surface area contributed by atoms with Gasteiger partial charge in [-0.25, -0.2) is 9.67 Å². The number of aromatic nitrogens is 3. The highest BCUT2D eigenvalue weighted by atomic mass is 32.2. The van der Waals surface area contributed by atoms with E-state index in [0.717, 1.165) is 40.7 Å². The molecule has 5 rings (SSSR count). The summed E-state index contributed by atoms with van der Waals surface area (Å²) >= 11 is 1.35. The summed E-state index contributed by atoms with van der Waals surface area (Å²) in [5.41, 5.74) is 4.39. The molecule has 0 N–H and O–H groups in total. The van der Waals surface area contributed by atoms with Gasteiger partial charge in [0.1, 0.15) is 0 Å². The second-order valence-corrected chi connectivity index (χ2v) is 8.66. The van der Waals surface area contributed by atoms with Gasteiger partial charge in [0.05, 0.1) is 23.7 Å². The topological polar surface area (TPSA) is 60.2 Å². The van der Waals surface area contributed by atoms with Crippen LogP contribution in [0, 0.1) is 0 Å². The first kappa shape index (κ1) is 18.4. The second-order valence-electron chi connectivity index (χ2n) is 7.56. The van der Waals surface area contributed by atoms with E-state index in [0.29, 0.717) is 12.5 Å². The van der Waals surface area contributed by atoms with Crippen molar-refractivity contribution in [3.05, 3.63) is 65.6 Å². The van der Waals surface area contributed by atoms with E-state index in [9.17, 15) is 4.79 Å². The second kappa shape index (κ2) is 7.31. The van der Waals surface area contributed by atoms with Crippen molar-refractivity contribution in [1.82, 2.24) is 14.8 Å². The van der Waals surface area contributed by atoms with Crippen molar-refractivity contribution in [3.63, 3.8) is 0 Å². The Bertz CT molecular complexity index is 1060. The highest BCUT2D eigenvalue weighted by Gasteiger charge is 2.26. The Hall–Kier alpha value is -2.64. The Morgan fingerprint density at radius 2 is 2.07 bits per heavy atom. The number of carbonyl (C=O) groups excluding carboxylic acids is 1. The largest absolute Gasteiger partial charge is 0.378 e. The Labute approximate surface area is 173 Å². The summed E-state index contributed by atoms with van der Waals surface area (Å²) in [4.78, 5) is 19.6. The average Bonchev–Trinajstić information content (AvgIpc) is 3.32. The van der Waals surface area contributed by atoms with Gasteiger partial charge in [0.15, 0.2) is 10.9 Å². The molecule has 0 bridgehead atoms. The molecule has 2 aliphatic rings. The number of carbonyl (C=O) groups is 1. The average molecular weight is 407 g/mol. The van der Waals surface area contributed by atoms with Crippen LogP contribution in [-0.2, 0) is 16.0 Å². The van der Waals surface area contributed by atoms with Crippen LogP contribution in [0.5, 0.6) is 0 Å². The monoisotopic (exact) mass is 406 g/mol. The molecule has 148 valence electrons. The van der Waals surface area contributed by atoms with Gasteiger partial charge in [-0.15, -0.1) is 0 Å². The minimum Gasteiger partial charge on any atom is -0.378 e. The van der Waals surface area contributed by atoms with Crippen molar-refractivity contribution in [2.45, 2.75) is 30.3 Å². The summed E-state index contributed by atoms with van der Waals surface area (Å²) < 4.78 is 7.14. The molecule has 1 aromatic carbocycles. The number of hydrogen-bond acceptors (Lipinski definition) is 6. The lowest BCUT2D eigenvalue weighted by molar-refractivity contribution is -0.110. The number of fused-ring (bicyclic) bond motifs is 1. The zero-order valence-electron chi connectivity index (χ0n) is 16.4. The number of thioether (sulfide) groups is 1. The zero-order chi connectivity index (χ0) is 20.0. The van der Waals surface area contributed by atoms with Gasteiger partial charge in [-0.1, -0.05) is 30.8 Å². The van der Waals surface area contributed by atoms with Gasteiger partial charge in [-0.2, -0.15) is 5.10 Å². The van der Waals surface area contributed by atoms with E-state index in [1.165, 1.54) is 17.3 Å². The van der Waals surface area contributed by atoms with Crippen molar-refractivity contribution in [1.29, 1.82) is 0 Å². The van der Waals surface area contributed by atoms with Gasteiger partial charge in [-0.05, 0) is 35.4 Å². The molecular weight excluding hydrogens is 384 g/mol. The van der Waals surface area contributed by atoms with Crippen LogP contribution in [0.4, 0.5) is 5.69 Å². The normalized spacial score (nSPS) is 17.3. The van der Waals surface area contributed by atoms with Crippen LogP contribution >= 0.6 is 11.8 Å². The lowest BCUT2D eigenvalue weighted by Crippen LogP contribution is -2.51. The molecule has 0 aliphatic carbocycles. The van der Waals surface area contributed by atoms with E-state index >= 15 is 0 Å². The van der Waals surface area contributed by atoms with Crippen LogP contribution in [0.25, 0.3) is 5.82 Å². The van der Waals surface area contributed by atoms with Crippen molar-refractivity contribution < 1.29 is 9.53 Å². The van der Waals surface area contributed by atoms with Gasteiger partial charge in [0, 0.05) is 43.6 Å². The fraction of sp³-hybridized carbons (Fsp3) is 0.318. The third-order valence-corrected chi connectivity index (χ3v) is 6.69. The Morgan fingerprint density at radius 1 is 1.21 bits per heavy atom. The molecule has 1 atom stereocenters. The van der Waals surface area contributed by atoms with Crippen LogP contribution in [0.3, 0.4) is 0 Å². The van der Waals surface area contributed by atoms with E-state index < -0.39 is 0 Å². The molecule has 7 heteroatoms. The SMILES string of the molecule is COC1CN(c2ccc(-n3ccc(C(C)c4ccc5c(c4)SC(=O)C5)n3)nc2)C1. The fourth-order valence-electron chi connectivity index (χ4n) is 3.76. The summed E-state index contributed by atoms with van der Waals surface area (Å²) in [6, 6.07) is 12.4. The maximum atomic E-state index is 11.7. The number of methoxy groups -OCH3 is 1. The van der Waals surface area contributed by atoms with Gasteiger partial charge in [0.2, 0.25) is 0 Å². The molecule has 1 unspecified atom stereocenters. The molecule has 29 heavy (non-hydrogen) atoms. The van der Waals surface area contributed by atoms with Gasteiger partial charge >= 0.3 is 0 Å². The fourth-order valence-corrected chi connectivity index (χ4v) is 4.70. The maximum Gasteiger partial charge on any atom is 0.198 e. The third-order valence-electron chi connectivity index (χ3n) is 5.72. The molecular formula is C22H22N4O2S. The highest BCUT2D eigenvalue weighted by Crippen LogP contribution is 2.35. The van der Waals surface area contributed by atoms with E-state index in [2.05, 4.69) is 41.1 Å². The number of pyridine rings is 1. The molecule has 0 amide bonds. The predicted molar refractivity (Wildman–Crippen MR) is 113 cm³/mol. The van der Waals surface area contributed by atoms with E-state index in [4.69, 9.17) is 9.84 Å². The number of anilines is 1. The molecule has 1 fully saturated rings. The van der Waals surface area contributed by atoms with Gasteiger partial charge in [0.25, 0.3) is 0 Å². The minimum atomic E-state index is 0.143. The number of hydrogen-bond donors (Lipinski definition) is 0. The van der Waals surface area contributed by atoms with Crippen LogP contribution in [0.15, 0.2) is 53.7 Å². The molecule has 0 saturated carbocycles. The van der Waals surface area contributed by atoms with Crippen molar-refractivity contribution in [2.24, 2.45) is 0 Å². The summed E-state index contributed by atoms with van der Waals surface area (Å²) in [5, 5.41) is 4.97. The van der Waals surface area contributed by atoms with Gasteiger partial charge < -0.3 is 9.64 Å². The zero-order valence-corrected chi connectivity index (χ0v) is 17.2. The van der Waals surface area contributed by atoms with Crippen LogP contribution < -0.4 is 4.90 Å². The standard InChI is InChI=1S/C22H22N4O2S/c1-14(15-3-4-16-10-22(27)29-20(16)9-15)19-7-8-26(24-19)21-6-5-17(11-23-21)25-12-18(13-25)28-2/h3-9,11,14,18H,10,12-13H2,1-2H3. The van der Waals surface area contributed by atoms with Gasteiger partial charge in [-0.3, -0.25) is 4.79 Å². The predicted octanol–water partition coefficient (Wildman–Crippen LogP) is 3.43. The lowest BCUT2D eigenvalue weighted by atomic mass is 9.96. The molecule has 2 aliphatic heterocycles. The Kier molecular flexibility index (Phi) is 4.64. The summed E-state index contributed by atoms with van der Waals surface area (Å²) in [7, 11) is 1.75. The summed E-state index contributed by atoms with van der Waals surface area (Å²) in [5.74, 6) is 0.940. The molecule has 0 radical (unpaired) electrons. The highest BCUT2D eigenvalue weighted by molar-refractivity contribution is 8.14. The number of rotatable bonds is 5. The van der Waals surface area contributed by atoms with Crippen molar-refractivity contribution >= 4 is 22.6 Å². The Balaban J connectivity index is 1.32. The summed E-state index contributed by atoms with van der Waals surface area (Å²) in [6.45, 7) is 3.96. The van der Waals surface area contributed by atoms with E-state index in [-0.39, 0.29) is 11.0 Å². The quantitative estimate of drug-likeness (QED) is 0.647. The number of benzene rings is 1. The first-order valence-corrected chi connectivity index (χ1v) is 10.6. The number of ether oxygens (including phenoxy) is 1. The Morgan fingerprint density at radius 3 is 2.83 bits per heavy atom. The lowest BCUT2D eigenvalue weighted by Gasteiger charge is -2.39. The maximum absolute atomic E-state index is 11.7.